The van der Waals surface area contributed by atoms with Crippen molar-refractivity contribution in [2.75, 3.05) is 6.54 Å². The van der Waals surface area contributed by atoms with E-state index >= 15 is 0 Å². The second-order valence-corrected chi connectivity index (χ2v) is 5.46. The van der Waals surface area contributed by atoms with E-state index < -0.39 is 15.8 Å². The van der Waals surface area contributed by atoms with E-state index in [9.17, 15) is 12.8 Å². The highest BCUT2D eigenvalue weighted by Crippen LogP contribution is 2.15. The van der Waals surface area contributed by atoms with Gasteiger partial charge in [0.25, 0.3) is 0 Å². The van der Waals surface area contributed by atoms with Gasteiger partial charge in [-0.05, 0) is 24.6 Å². The topological polar surface area (TPSA) is 72.2 Å². The molecule has 7 heteroatoms. The maximum atomic E-state index is 12.9. The molecule has 0 fully saturated rings. The summed E-state index contributed by atoms with van der Waals surface area (Å²) in [7, 11) is -3.77. The van der Waals surface area contributed by atoms with Gasteiger partial charge in [-0.25, -0.2) is 17.5 Å². The number of hydrogen-bond donors (Lipinski definition) is 2. The van der Waals surface area contributed by atoms with Crippen LogP contribution in [-0.4, -0.2) is 20.0 Å². The molecule has 0 saturated carbocycles. The van der Waals surface area contributed by atoms with Crippen LogP contribution in [0.1, 0.15) is 5.56 Å². The summed E-state index contributed by atoms with van der Waals surface area (Å²) >= 11 is 4.55. The Bertz CT molecular complexity index is 514. The second kappa shape index (κ2) is 4.86. The van der Waals surface area contributed by atoms with Crippen LogP contribution in [0.2, 0.25) is 0 Å². The minimum atomic E-state index is -3.77. The van der Waals surface area contributed by atoms with E-state index in [-0.39, 0.29) is 16.4 Å². The van der Waals surface area contributed by atoms with Gasteiger partial charge in [-0.2, -0.15) is 0 Å². The molecule has 0 heterocycles. The SMILES string of the molecule is Cc1ccc(F)cc1S(=O)(=O)NCC(N)=S. The van der Waals surface area contributed by atoms with Gasteiger partial charge in [-0.15, -0.1) is 0 Å². The number of halogens is 1. The minimum Gasteiger partial charge on any atom is -0.392 e. The summed E-state index contributed by atoms with van der Waals surface area (Å²) in [5.74, 6) is -0.610. The first kappa shape index (κ1) is 13.0. The van der Waals surface area contributed by atoms with E-state index in [1.165, 1.54) is 12.1 Å². The number of rotatable bonds is 4. The van der Waals surface area contributed by atoms with E-state index in [0.717, 1.165) is 6.07 Å². The highest BCUT2D eigenvalue weighted by molar-refractivity contribution is 7.89. The number of benzene rings is 1. The molecule has 0 aromatic heterocycles. The summed E-state index contributed by atoms with van der Waals surface area (Å²) in [6.07, 6.45) is 0. The fourth-order valence-corrected chi connectivity index (χ4v) is 2.53. The van der Waals surface area contributed by atoms with Crippen molar-refractivity contribution in [1.29, 1.82) is 0 Å². The van der Waals surface area contributed by atoms with Gasteiger partial charge in [-0.1, -0.05) is 18.3 Å². The van der Waals surface area contributed by atoms with E-state index in [2.05, 4.69) is 16.9 Å². The molecule has 0 unspecified atom stereocenters. The predicted octanol–water partition coefficient (Wildman–Crippen LogP) is 0.699. The summed E-state index contributed by atoms with van der Waals surface area (Å²) < 4.78 is 38.5. The summed E-state index contributed by atoms with van der Waals surface area (Å²) in [5, 5.41) is 0. The van der Waals surface area contributed by atoms with Gasteiger partial charge in [-0.3, -0.25) is 0 Å². The molecular weight excluding hydrogens is 251 g/mol. The third-order valence-electron chi connectivity index (χ3n) is 1.88. The first-order chi connectivity index (χ1) is 7.33. The monoisotopic (exact) mass is 262 g/mol. The highest BCUT2D eigenvalue weighted by atomic mass is 32.2. The van der Waals surface area contributed by atoms with Crippen LogP contribution in [0.25, 0.3) is 0 Å². The quantitative estimate of drug-likeness (QED) is 0.783. The number of hydrogen-bond acceptors (Lipinski definition) is 3. The van der Waals surface area contributed by atoms with E-state index in [1.54, 1.807) is 6.92 Å². The molecule has 88 valence electrons. The second-order valence-electron chi connectivity index (χ2n) is 3.20. The Hall–Kier alpha value is -1.05. The summed E-state index contributed by atoms with van der Waals surface area (Å²) in [6, 6.07) is 3.55. The Morgan fingerprint density at radius 2 is 2.19 bits per heavy atom. The van der Waals surface area contributed by atoms with Crippen molar-refractivity contribution >= 4 is 27.2 Å². The van der Waals surface area contributed by atoms with Gasteiger partial charge in [0.1, 0.15) is 5.82 Å². The molecular formula is C9H11FN2O2S2. The largest absolute Gasteiger partial charge is 0.392 e. The van der Waals surface area contributed by atoms with Crippen molar-refractivity contribution in [2.24, 2.45) is 5.73 Å². The first-order valence-corrected chi connectivity index (χ1v) is 6.26. The fourth-order valence-electron chi connectivity index (χ4n) is 1.11. The molecule has 0 amide bonds. The van der Waals surface area contributed by atoms with Crippen LogP contribution in [0.5, 0.6) is 0 Å². The van der Waals surface area contributed by atoms with Crippen molar-refractivity contribution in [3.05, 3.63) is 29.6 Å². The van der Waals surface area contributed by atoms with Crippen LogP contribution in [0.3, 0.4) is 0 Å². The molecule has 0 spiro atoms. The molecule has 0 aliphatic rings. The molecule has 0 aliphatic heterocycles. The average Bonchev–Trinajstić information content (AvgIpc) is 2.19. The van der Waals surface area contributed by atoms with Gasteiger partial charge < -0.3 is 5.73 Å². The zero-order chi connectivity index (χ0) is 12.3. The molecule has 0 bridgehead atoms. The molecule has 16 heavy (non-hydrogen) atoms. The molecule has 1 aromatic carbocycles. The van der Waals surface area contributed by atoms with Gasteiger partial charge in [0.2, 0.25) is 10.0 Å². The molecule has 0 aliphatic carbocycles. The first-order valence-electron chi connectivity index (χ1n) is 4.37. The zero-order valence-electron chi connectivity index (χ0n) is 8.53. The van der Waals surface area contributed by atoms with Gasteiger partial charge in [0, 0.05) is 0 Å². The zero-order valence-corrected chi connectivity index (χ0v) is 10.2. The van der Waals surface area contributed by atoms with E-state index in [1.807, 2.05) is 0 Å². The van der Waals surface area contributed by atoms with Crippen molar-refractivity contribution in [3.63, 3.8) is 0 Å². The van der Waals surface area contributed by atoms with Crippen molar-refractivity contribution < 1.29 is 12.8 Å². The van der Waals surface area contributed by atoms with Crippen LogP contribution < -0.4 is 10.5 Å². The lowest BCUT2D eigenvalue weighted by molar-refractivity contribution is 0.581. The Morgan fingerprint density at radius 3 is 2.75 bits per heavy atom. The van der Waals surface area contributed by atoms with Crippen LogP contribution in [0.15, 0.2) is 23.1 Å². The Morgan fingerprint density at radius 1 is 1.56 bits per heavy atom. The lowest BCUT2D eigenvalue weighted by Gasteiger charge is -2.08. The molecule has 0 saturated heterocycles. The summed E-state index contributed by atoms with van der Waals surface area (Å²) in [5.41, 5.74) is 5.63. The molecule has 0 radical (unpaired) electrons. The smallest absolute Gasteiger partial charge is 0.241 e. The minimum absolute atomic E-state index is 0.0256. The lowest BCUT2D eigenvalue weighted by Crippen LogP contribution is -2.32. The highest BCUT2D eigenvalue weighted by Gasteiger charge is 2.17. The van der Waals surface area contributed by atoms with E-state index in [4.69, 9.17) is 5.73 Å². The van der Waals surface area contributed by atoms with Gasteiger partial charge >= 0.3 is 0 Å². The van der Waals surface area contributed by atoms with Crippen molar-refractivity contribution in [1.82, 2.24) is 4.72 Å². The van der Waals surface area contributed by atoms with Crippen LogP contribution in [-0.2, 0) is 10.0 Å². The number of nitrogens with two attached hydrogens (primary N) is 1. The third kappa shape index (κ3) is 3.22. The Labute approximate surface area is 98.7 Å². The number of sulfonamides is 1. The normalized spacial score (nSPS) is 11.4. The maximum absolute atomic E-state index is 12.9. The maximum Gasteiger partial charge on any atom is 0.241 e. The Kier molecular flexibility index (Phi) is 3.95. The van der Waals surface area contributed by atoms with Crippen molar-refractivity contribution in [3.8, 4) is 0 Å². The molecule has 1 rings (SSSR count). The van der Waals surface area contributed by atoms with Crippen molar-refractivity contribution in [2.45, 2.75) is 11.8 Å². The van der Waals surface area contributed by atoms with Gasteiger partial charge in [0.05, 0.1) is 16.4 Å². The van der Waals surface area contributed by atoms with Crippen LogP contribution >= 0.6 is 12.2 Å². The third-order valence-corrected chi connectivity index (χ3v) is 3.56. The van der Waals surface area contributed by atoms with Gasteiger partial charge in [0.15, 0.2) is 0 Å². The number of thiocarbonyl (C=S) groups is 1. The number of nitrogens with one attached hydrogen (secondary N) is 1. The van der Waals surface area contributed by atoms with Crippen LogP contribution in [0, 0.1) is 12.7 Å². The standard InChI is InChI=1S/C9H11FN2O2S2/c1-6-2-3-7(10)4-8(6)16(13,14)12-5-9(11)15/h2-4,12H,5H2,1H3,(H2,11,15). The molecule has 1 aromatic rings. The van der Waals surface area contributed by atoms with E-state index in [0.29, 0.717) is 5.56 Å². The fraction of sp³-hybridized carbons (Fsp3) is 0.222. The predicted molar refractivity (Wildman–Crippen MR) is 63.1 cm³/mol. The molecule has 3 N–H and O–H groups in total. The summed E-state index contributed by atoms with van der Waals surface area (Å²) in [4.78, 5) is -0.0821. The Balaban J connectivity index is 3.07. The molecule has 0 atom stereocenters. The number of aryl methyl sites for hydroxylation is 1. The van der Waals surface area contributed by atoms with Crippen LogP contribution in [0.4, 0.5) is 4.39 Å². The summed E-state index contributed by atoms with van der Waals surface area (Å²) in [6.45, 7) is 1.43. The average molecular weight is 262 g/mol. The molecule has 4 nitrogen and oxygen atoms in total. The lowest BCUT2D eigenvalue weighted by atomic mass is 10.2.